The minimum absolute atomic E-state index is 0.0527. The Balaban J connectivity index is 1.84. The lowest BCUT2D eigenvalue weighted by Gasteiger charge is -2.30. The van der Waals surface area contributed by atoms with Crippen molar-refractivity contribution in [1.82, 2.24) is 4.90 Å². The van der Waals surface area contributed by atoms with E-state index in [1.165, 1.54) is 12.1 Å². The molecule has 1 fully saturated rings. The smallest absolute Gasteiger partial charge is 0.260 e. The maximum Gasteiger partial charge on any atom is 0.260 e. The lowest BCUT2D eigenvalue weighted by Crippen LogP contribution is -2.47. The molecular weight excluding hydrogens is 235 g/mol. The molecule has 1 aliphatic rings. The first kappa shape index (κ1) is 12.8. The first-order chi connectivity index (χ1) is 8.65. The second-order valence-electron chi connectivity index (χ2n) is 4.49. The van der Waals surface area contributed by atoms with Gasteiger partial charge in [-0.05, 0) is 25.0 Å². The fourth-order valence-corrected chi connectivity index (χ4v) is 2.03. The van der Waals surface area contributed by atoms with Gasteiger partial charge in [-0.3, -0.25) is 4.79 Å². The summed E-state index contributed by atoms with van der Waals surface area (Å²) in [6, 6.07) is 5.81. The zero-order valence-corrected chi connectivity index (χ0v) is 10.1. The molecule has 1 aromatic rings. The number of halogens is 1. The molecule has 18 heavy (non-hydrogen) atoms. The van der Waals surface area contributed by atoms with Gasteiger partial charge in [-0.2, -0.15) is 0 Å². The van der Waals surface area contributed by atoms with Gasteiger partial charge in [0.05, 0.1) is 0 Å². The van der Waals surface area contributed by atoms with Gasteiger partial charge in [0.15, 0.2) is 6.61 Å². The Bertz CT molecular complexity index is 425. The van der Waals surface area contributed by atoms with Crippen molar-refractivity contribution >= 4 is 5.91 Å². The summed E-state index contributed by atoms with van der Waals surface area (Å²) in [5.74, 6) is -0.112. The average molecular weight is 252 g/mol. The fourth-order valence-electron chi connectivity index (χ4n) is 2.03. The van der Waals surface area contributed by atoms with Gasteiger partial charge < -0.3 is 15.4 Å². The third kappa shape index (κ3) is 3.43. The highest BCUT2D eigenvalue weighted by Gasteiger charge is 2.21. The molecule has 5 heteroatoms. The molecule has 0 saturated carbocycles. The van der Waals surface area contributed by atoms with Gasteiger partial charge in [-0.1, -0.05) is 6.07 Å². The van der Waals surface area contributed by atoms with Crippen LogP contribution < -0.4 is 10.5 Å². The van der Waals surface area contributed by atoms with Crippen LogP contribution in [0.25, 0.3) is 0 Å². The summed E-state index contributed by atoms with van der Waals surface area (Å²) in [4.78, 5) is 13.6. The van der Waals surface area contributed by atoms with Crippen LogP contribution in [0.15, 0.2) is 24.3 Å². The van der Waals surface area contributed by atoms with E-state index in [1.54, 1.807) is 17.0 Å². The third-order valence-corrected chi connectivity index (χ3v) is 2.97. The van der Waals surface area contributed by atoms with E-state index in [1.807, 2.05) is 0 Å². The number of likely N-dealkylation sites (tertiary alicyclic amines) is 1. The summed E-state index contributed by atoms with van der Waals surface area (Å²) in [7, 11) is 0. The highest BCUT2D eigenvalue weighted by Crippen LogP contribution is 2.13. The van der Waals surface area contributed by atoms with Gasteiger partial charge in [0.1, 0.15) is 11.6 Å². The van der Waals surface area contributed by atoms with Crippen LogP contribution >= 0.6 is 0 Å². The van der Waals surface area contributed by atoms with Crippen LogP contribution in [0.4, 0.5) is 4.39 Å². The largest absolute Gasteiger partial charge is 0.484 e. The standard InChI is InChI=1S/C13H17FN2O2/c14-10-3-1-5-12(7-10)18-9-13(17)16-6-2-4-11(15)8-16/h1,3,5,7,11H,2,4,6,8-9,15H2. The number of piperidine rings is 1. The summed E-state index contributed by atoms with van der Waals surface area (Å²) < 4.78 is 18.2. The normalized spacial score (nSPS) is 19.7. The van der Waals surface area contributed by atoms with Crippen molar-refractivity contribution in [1.29, 1.82) is 0 Å². The Hall–Kier alpha value is -1.62. The van der Waals surface area contributed by atoms with Crippen LogP contribution in [0, 0.1) is 5.82 Å². The van der Waals surface area contributed by atoms with Crippen molar-refractivity contribution in [3.63, 3.8) is 0 Å². The second-order valence-corrected chi connectivity index (χ2v) is 4.49. The van der Waals surface area contributed by atoms with E-state index in [4.69, 9.17) is 10.5 Å². The second kappa shape index (κ2) is 5.82. The molecule has 0 radical (unpaired) electrons. The van der Waals surface area contributed by atoms with Crippen molar-refractivity contribution < 1.29 is 13.9 Å². The molecule has 0 aromatic heterocycles. The number of rotatable bonds is 3. The van der Waals surface area contributed by atoms with Gasteiger partial charge >= 0.3 is 0 Å². The first-order valence-electron chi connectivity index (χ1n) is 6.07. The van der Waals surface area contributed by atoms with Crippen molar-refractivity contribution in [3.05, 3.63) is 30.1 Å². The van der Waals surface area contributed by atoms with E-state index in [0.29, 0.717) is 12.3 Å². The van der Waals surface area contributed by atoms with Crippen molar-refractivity contribution in [2.24, 2.45) is 5.73 Å². The monoisotopic (exact) mass is 252 g/mol. The zero-order chi connectivity index (χ0) is 13.0. The van der Waals surface area contributed by atoms with Crippen LogP contribution in [-0.2, 0) is 4.79 Å². The molecule has 1 aliphatic heterocycles. The lowest BCUT2D eigenvalue weighted by atomic mass is 10.1. The highest BCUT2D eigenvalue weighted by molar-refractivity contribution is 5.77. The Morgan fingerprint density at radius 1 is 1.56 bits per heavy atom. The molecule has 98 valence electrons. The van der Waals surface area contributed by atoms with Crippen molar-refractivity contribution in [2.45, 2.75) is 18.9 Å². The third-order valence-electron chi connectivity index (χ3n) is 2.97. The molecule has 4 nitrogen and oxygen atoms in total. The molecule has 2 N–H and O–H groups in total. The van der Waals surface area contributed by atoms with Gasteiger partial charge in [0.25, 0.3) is 5.91 Å². The maximum atomic E-state index is 12.9. The van der Waals surface area contributed by atoms with Gasteiger partial charge in [-0.15, -0.1) is 0 Å². The number of nitrogens with two attached hydrogens (primary N) is 1. The van der Waals surface area contributed by atoms with E-state index < -0.39 is 0 Å². The van der Waals surface area contributed by atoms with E-state index in [9.17, 15) is 9.18 Å². The molecule has 1 amide bonds. The van der Waals surface area contributed by atoms with Gasteiger partial charge in [-0.25, -0.2) is 4.39 Å². The number of hydrogen-bond donors (Lipinski definition) is 1. The van der Waals surface area contributed by atoms with Crippen LogP contribution in [-0.4, -0.2) is 36.5 Å². The molecule has 0 bridgehead atoms. The Morgan fingerprint density at radius 3 is 3.11 bits per heavy atom. The first-order valence-corrected chi connectivity index (χ1v) is 6.07. The summed E-state index contributed by atoms with van der Waals surface area (Å²) in [6.07, 6.45) is 1.88. The van der Waals surface area contributed by atoms with E-state index >= 15 is 0 Å². The molecule has 1 heterocycles. The van der Waals surface area contributed by atoms with E-state index in [0.717, 1.165) is 19.4 Å². The Kier molecular flexibility index (Phi) is 4.15. The number of nitrogens with zero attached hydrogens (tertiary/aromatic N) is 1. The van der Waals surface area contributed by atoms with E-state index in [-0.39, 0.29) is 24.4 Å². The average Bonchev–Trinajstić information content (AvgIpc) is 2.36. The number of amides is 1. The Morgan fingerprint density at radius 2 is 2.39 bits per heavy atom. The fraction of sp³-hybridized carbons (Fsp3) is 0.462. The molecule has 0 spiro atoms. The molecule has 1 unspecified atom stereocenters. The minimum atomic E-state index is -0.375. The van der Waals surface area contributed by atoms with Crippen molar-refractivity contribution in [2.75, 3.05) is 19.7 Å². The van der Waals surface area contributed by atoms with Crippen LogP contribution in [0.1, 0.15) is 12.8 Å². The quantitative estimate of drug-likeness (QED) is 0.878. The Labute approximate surface area is 106 Å². The number of carbonyl (C=O) groups excluding carboxylic acids is 1. The molecule has 1 atom stereocenters. The summed E-state index contributed by atoms with van der Waals surface area (Å²) >= 11 is 0. The SMILES string of the molecule is NC1CCCN(C(=O)COc2cccc(F)c2)C1. The number of benzene rings is 1. The predicted molar refractivity (Wildman–Crippen MR) is 65.7 cm³/mol. The van der Waals surface area contributed by atoms with Gasteiger partial charge in [0, 0.05) is 25.2 Å². The highest BCUT2D eigenvalue weighted by atomic mass is 19.1. The molecular formula is C13H17FN2O2. The zero-order valence-electron chi connectivity index (χ0n) is 10.1. The van der Waals surface area contributed by atoms with Gasteiger partial charge in [0.2, 0.25) is 0 Å². The summed E-state index contributed by atoms with van der Waals surface area (Å²) in [5, 5.41) is 0. The number of carbonyl (C=O) groups is 1. The molecule has 0 aliphatic carbocycles. The lowest BCUT2D eigenvalue weighted by molar-refractivity contribution is -0.134. The topological polar surface area (TPSA) is 55.6 Å². The van der Waals surface area contributed by atoms with Crippen molar-refractivity contribution in [3.8, 4) is 5.75 Å². The molecule has 1 saturated heterocycles. The van der Waals surface area contributed by atoms with E-state index in [2.05, 4.69) is 0 Å². The van der Waals surface area contributed by atoms with Crippen LogP contribution in [0.5, 0.6) is 5.75 Å². The summed E-state index contributed by atoms with van der Waals surface area (Å²) in [5.41, 5.74) is 5.81. The molecule has 2 rings (SSSR count). The number of ether oxygens (including phenoxy) is 1. The number of hydrogen-bond acceptors (Lipinski definition) is 3. The predicted octanol–water partition coefficient (Wildman–Crippen LogP) is 1.15. The minimum Gasteiger partial charge on any atom is -0.484 e. The molecule has 1 aromatic carbocycles. The summed E-state index contributed by atoms with van der Waals surface area (Å²) in [6.45, 7) is 1.22. The van der Waals surface area contributed by atoms with Crippen LogP contribution in [0.3, 0.4) is 0 Å². The van der Waals surface area contributed by atoms with Crippen LogP contribution in [0.2, 0.25) is 0 Å². The maximum absolute atomic E-state index is 12.9.